The second kappa shape index (κ2) is 16.8. The lowest BCUT2D eigenvalue weighted by Gasteiger charge is -2.55. The van der Waals surface area contributed by atoms with E-state index in [1.54, 1.807) is 12.0 Å². The van der Waals surface area contributed by atoms with Gasteiger partial charge in [-0.3, -0.25) is 19.3 Å². The smallest absolute Gasteiger partial charge is 0.251 e. The summed E-state index contributed by atoms with van der Waals surface area (Å²) in [6.45, 7) is 18.2. The molecule has 53 heavy (non-hydrogen) atoms. The van der Waals surface area contributed by atoms with Crippen molar-refractivity contribution in [2.45, 2.75) is 117 Å². The quantitative estimate of drug-likeness (QED) is 0.175. The third-order valence-electron chi connectivity index (χ3n) is 13.4. The highest BCUT2D eigenvalue weighted by atomic mass is 16.7. The van der Waals surface area contributed by atoms with Crippen LogP contribution in [0.5, 0.6) is 5.75 Å². The van der Waals surface area contributed by atoms with Crippen LogP contribution in [0.3, 0.4) is 0 Å². The van der Waals surface area contributed by atoms with E-state index < -0.39 is 24.2 Å². The van der Waals surface area contributed by atoms with Crippen LogP contribution in [0.15, 0.2) is 42.5 Å². The van der Waals surface area contributed by atoms with Gasteiger partial charge in [-0.2, -0.15) is 5.06 Å². The molecule has 2 aliphatic carbocycles. The zero-order valence-electron chi connectivity index (χ0n) is 33.0. The lowest BCUT2D eigenvalue weighted by molar-refractivity contribution is -0.182. The van der Waals surface area contributed by atoms with Gasteiger partial charge in [0.2, 0.25) is 5.91 Å². The first kappa shape index (κ1) is 39.7. The summed E-state index contributed by atoms with van der Waals surface area (Å²) in [6, 6.07) is 13.1. The van der Waals surface area contributed by atoms with Crippen LogP contribution in [0.2, 0.25) is 0 Å². The molecule has 2 saturated heterocycles. The van der Waals surface area contributed by atoms with Crippen LogP contribution < -0.4 is 15.4 Å². The molecule has 2 aromatic rings. The number of likely N-dealkylation sites (N-methyl/N-ethyl adjacent to an activating group) is 1. The number of nitrogens with one attached hydrogen (secondary N) is 2. The number of aliphatic hydroxyl groups is 2. The number of aliphatic hydroxyl groups excluding tert-OH is 2. The van der Waals surface area contributed by atoms with E-state index in [2.05, 4.69) is 57.1 Å². The summed E-state index contributed by atoms with van der Waals surface area (Å²) in [4.78, 5) is 36.4. The van der Waals surface area contributed by atoms with Gasteiger partial charge in [-0.25, -0.2) is 0 Å². The molecule has 292 valence electrons. The summed E-state index contributed by atoms with van der Waals surface area (Å²) in [7, 11) is 0. The summed E-state index contributed by atoms with van der Waals surface area (Å²) in [5.74, 6) is 1.65. The molecule has 4 fully saturated rings. The molecule has 10 nitrogen and oxygen atoms in total. The van der Waals surface area contributed by atoms with E-state index in [1.807, 2.05) is 42.5 Å². The Kier molecular flexibility index (Phi) is 12.6. The summed E-state index contributed by atoms with van der Waals surface area (Å²) < 4.78 is 6.60. The number of nitrogens with zero attached hydrogens (tertiary/aromatic N) is 2. The third kappa shape index (κ3) is 8.62. The molecule has 0 spiro atoms. The minimum atomic E-state index is -0.892. The maximum atomic E-state index is 14.3. The Morgan fingerprint density at radius 1 is 1.09 bits per heavy atom. The number of hydrogen-bond donors (Lipinski definition) is 4. The minimum absolute atomic E-state index is 0.0852. The van der Waals surface area contributed by atoms with Gasteiger partial charge in [0.25, 0.3) is 5.91 Å². The highest BCUT2D eigenvalue weighted by Gasteiger charge is 2.51. The number of likely N-dealkylation sites (tertiary alicyclic amines) is 1. The number of ether oxygens (including phenoxy) is 1. The molecular formula is C43H64N4O6. The van der Waals surface area contributed by atoms with Gasteiger partial charge >= 0.3 is 0 Å². The standard InChI is InChI=1S/C43H64N4O6/c1-8-46-19-11-15-34(46)22-44-41(50)32-13-9-12-31(21-32)35-16-10-14-33(40(35)52-25-30-17-18-30)23-47-39(38(29(5)49)37(24-48)53-47)42(51)45-28(4)27(3)36-20-26(2)43(36,6)7/h9-10,12-14,16,21,26-30,34,36-39,48-49H,8,11,15,17-20,22-25H2,1-7H3,(H,44,50)(H,45,51)/t26-,27+,28-,29?,34-,36?,37-,38+,39-/m0/s1. The SMILES string of the molecule is CCN1CCC[C@H]1CNC(=O)c1cccc(-c2cccc(CN3O[C@@H](CO)[C@@H](C(C)O)[C@H]3C(=O)N[C@@H](C)[C@@H](C)C3C[C@H](C)C3(C)C)c2OCC2CC2)c1. The highest BCUT2D eigenvalue weighted by Crippen LogP contribution is 2.55. The van der Waals surface area contributed by atoms with Gasteiger partial charge in [-0.15, -0.1) is 0 Å². The van der Waals surface area contributed by atoms with Gasteiger partial charge in [0.1, 0.15) is 17.9 Å². The molecule has 2 saturated carbocycles. The molecule has 10 heteroatoms. The summed E-state index contributed by atoms with van der Waals surface area (Å²) in [5, 5.41) is 29.4. The average Bonchev–Trinajstić information content (AvgIpc) is 3.73. The van der Waals surface area contributed by atoms with Crippen molar-refractivity contribution in [3.05, 3.63) is 53.6 Å². The molecule has 6 rings (SSSR count). The van der Waals surface area contributed by atoms with E-state index in [4.69, 9.17) is 9.57 Å². The van der Waals surface area contributed by atoms with Crippen molar-refractivity contribution in [3.63, 3.8) is 0 Å². The summed E-state index contributed by atoms with van der Waals surface area (Å²) in [6.07, 6.45) is 4.02. The van der Waals surface area contributed by atoms with Crippen LogP contribution >= 0.6 is 0 Å². The summed E-state index contributed by atoms with van der Waals surface area (Å²) in [5.41, 5.74) is 3.35. The number of hydroxylamine groups is 2. The molecule has 0 radical (unpaired) electrons. The monoisotopic (exact) mass is 732 g/mol. The second-order valence-corrected chi connectivity index (χ2v) is 17.1. The Morgan fingerprint density at radius 2 is 1.85 bits per heavy atom. The van der Waals surface area contributed by atoms with Crippen LogP contribution in [0.1, 0.15) is 96.5 Å². The van der Waals surface area contributed by atoms with Crippen molar-refractivity contribution in [3.8, 4) is 16.9 Å². The molecule has 0 aromatic heterocycles. The molecule has 9 atom stereocenters. The maximum absolute atomic E-state index is 14.3. The fraction of sp³-hybridized carbons (Fsp3) is 0.674. The van der Waals surface area contributed by atoms with E-state index >= 15 is 0 Å². The van der Waals surface area contributed by atoms with E-state index in [1.165, 1.54) is 0 Å². The largest absolute Gasteiger partial charge is 0.492 e. The number of rotatable bonds is 16. The van der Waals surface area contributed by atoms with Crippen molar-refractivity contribution >= 4 is 11.8 Å². The van der Waals surface area contributed by atoms with Gasteiger partial charge < -0.3 is 25.6 Å². The first-order valence-corrected chi connectivity index (χ1v) is 20.2. The third-order valence-corrected chi connectivity index (χ3v) is 13.4. The fourth-order valence-corrected chi connectivity index (χ4v) is 9.19. The second-order valence-electron chi connectivity index (χ2n) is 17.1. The average molecular weight is 733 g/mol. The number of hydrogen-bond acceptors (Lipinski definition) is 8. The lowest BCUT2D eigenvalue weighted by Crippen LogP contribution is -2.55. The van der Waals surface area contributed by atoms with Crippen molar-refractivity contribution in [2.75, 3.05) is 32.8 Å². The van der Waals surface area contributed by atoms with Gasteiger partial charge in [0.05, 0.1) is 25.9 Å². The van der Waals surface area contributed by atoms with Crippen LogP contribution in [-0.4, -0.2) is 95.2 Å². The van der Waals surface area contributed by atoms with Crippen molar-refractivity contribution in [1.29, 1.82) is 0 Å². The number of carbonyl (C=O) groups excluding carboxylic acids is 2. The Hall–Kier alpha value is -3.02. The van der Waals surface area contributed by atoms with Crippen molar-refractivity contribution in [1.82, 2.24) is 20.6 Å². The summed E-state index contributed by atoms with van der Waals surface area (Å²) >= 11 is 0. The topological polar surface area (TPSA) is 124 Å². The predicted molar refractivity (Wildman–Crippen MR) is 207 cm³/mol. The van der Waals surface area contributed by atoms with Crippen LogP contribution in [0, 0.1) is 35.0 Å². The molecule has 2 unspecified atom stereocenters. The maximum Gasteiger partial charge on any atom is 0.251 e. The van der Waals surface area contributed by atoms with Crippen LogP contribution in [-0.2, 0) is 16.2 Å². The Balaban J connectivity index is 1.24. The van der Waals surface area contributed by atoms with Crippen LogP contribution in [0.25, 0.3) is 11.1 Å². The predicted octanol–water partition coefficient (Wildman–Crippen LogP) is 5.65. The first-order chi connectivity index (χ1) is 25.3. The van der Waals surface area contributed by atoms with Gasteiger partial charge in [-0.1, -0.05) is 65.0 Å². The Morgan fingerprint density at radius 3 is 2.51 bits per heavy atom. The van der Waals surface area contributed by atoms with E-state index in [0.29, 0.717) is 48.3 Å². The first-order valence-electron chi connectivity index (χ1n) is 20.2. The van der Waals surface area contributed by atoms with E-state index in [9.17, 15) is 19.8 Å². The van der Waals surface area contributed by atoms with Gasteiger partial charge in [-0.05, 0) is 106 Å². The fourth-order valence-electron chi connectivity index (χ4n) is 9.19. The number of amides is 2. The van der Waals surface area contributed by atoms with Crippen molar-refractivity contribution in [2.24, 2.45) is 35.0 Å². The Labute approximate surface area is 316 Å². The molecule has 2 aliphatic heterocycles. The van der Waals surface area contributed by atoms with Gasteiger partial charge in [0, 0.05) is 41.2 Å². The van der Waals surface area contributed by atoms with E-state index in [0.717, 1.165) is 61.9 Å². The zero-order chi connectivity index (χ0) is 38.0. The molecule has 2 amide bonds. The van der Waals surface area contributed by atoms with Gasteiger partial charge in [0.15, 0.2) is 0 Å². The number of para-hydroxylation sites is 1. The highest BCUT2D eigenvalue weighted by molar-refractivity contribution is 5.95. The molecule has 2 aromatic carbocycles. The molecule has 4 aliphatic rings. The zero-order valence-corrected chi connectivity index (χ0v) is 33.0. The molecular weight excluding hydrogens is 668 g/mol. The van der Waals surface area contributed by atoms with Crippen LogP contribution in [0.4, 0.5) is 0 Å². The van der Waals surface area contributed by atoms with E-state index in [-0.39, 0.29) is 42.3 Å². The molecule has 4 N–H and O–H groups in total. The molecule has 2 heterocycles. The normalized spacial score (nSPS) is 28.9. The number of carbonyl (C=O) groups is 2. The number of benzene rings is 2. The van der Waals surface area contributed by atoms with Crippen molar-refractivity contribution < 1.29 is 29.4 Å². The molecule has 0 bridgehead atoms. The lowest BCUT2D eigenvalue weighted by atomic mass is 9.51. The Bertz CT molecular complexity index is 1580. The minimum Gasteiger partial charge on any atom is -0.492 e.